The Bertz CT molecular complexity index is 284. The fraction of sp³-hybridized carbons (Fsp3) is 0.400. The average molecular weight is 182 g/mol. The van der Waals surface area contributed by atoms with Crippen molar-refractivity contribution in [2.45, 2.75) is 6.42 Å². The second-order valence-electron chi connectivity index (χ2n) is 3.21. The standard InChI is InChI=1S/C10H15FN2/c1-13(2)10-4-3-9(11)7-8(10)5-6-12/h3-4,7H,5-6,12H2,1-2H3. The molecule has 0 saturated carbocycles. The smallest absolute Gasteiger partial charge is 0.123 e. The van der Waals surface area contributed by atoms with Crippen LogP contribution in [-0.4, -0.2) is 20.6 Å². The SMILES string of the molecule is CN(C)c1ccc(F)cc1CCN. The van der Waals surface area contributed by atoms with Gasteiger partial charge in [0.15, 0.2) is 0 Å². The lowest BCUT2D eigenvalue weighted by Crippen LogP contribution is -2.13. The van der Waals surface area contributed by atoms with Gasteiger partial charge in [0.1, 0.15) is 5.82 Å². The van der Waals surface area contributed by atoms with Gasteiger partial charge in [-0.15, -0.1) is 0 Å². The molecule has 2 nitrogen and oxygen atoms in total. The minimum atomic E-state index is -0.200. The Morgan fingerprint density at radius 1 is 1.38 bits per heavy atom. The molecule has 0 atom stereocenters. The van der Waals surface area contributed by atoms with E-state index in [1.54, 1.807) is 12.1 Å². The van der Waals surface area contributed by atoms with Crippen molar-refractivity contribution >= 4 is 5.69 Å². The Morgan fingerprint density at radius 2 is 2.08 bits per heavy atom. The number of anilines is 1. The summed E-state index contributed by atoms with van der Waals surface area (Å²) in [7, 11) is 3.88. The molecule has 0 aliphatic rings. The first-order chi connectivity index (χ1) is 6.15. The Hall–Kier alpha value is -1.09. The molecule has 0 aliphatic carbocycles. The van der Waals surface area contributed by atoms with Crippen LogP contribution in [0.5, 0.6) is 0 Å². The highest BCUT2D eigenvalue weighted by Gasteiger charge is 2.04. The van der Waals surface area contributed by atoms with Gasteiger partial charge in [0.05, 0.1) is 0 Å². The van der Waals surface area contributed by atoms with Gasteiger partial charge >= 0.3 is 0 Å². The van der Waals surface area contributed by atoms with E-state index in [9.17, 15) is 4.39 Å². The van der Waals surface area contributed by atoms with Gasteiger partial charge in [-0.3, -0.25) is 0 Å². The average Bonchev–Trinajstić information content (AvgIpc) is 2.04. The van der Waals surface area contributed by atoms with E-state index >= 15 is 0 Å². The summed E-state index contributed by atoms with van der Waals surface area (Å²) < 4.78 is 12.9. The van der Waals surface area contributed by atoms with Gasteiger partial charge in [-0.2, -0.15) is 0 Å². The van der Waals surface area contributed by atoms with Crippen LogP contribution in [0.25, 0.3) is 0 Å². The highest BCUT2D eigenvalue weighted by Crippen LogP contribution is 2.19. The van der Waals surface area contributed by atoms with Crippen molar-refractivity contribution in [3.63, 3.8) is 0 Å². The fourth-order valence-electron chi connectivity index (χ4n) is 1.35. The van der Waals surface area contributed by atoms with Crippen molar-refractivity contribution in [3.8, 4) is 0 Å². The molecule has 2 N–H and O–H groups in total. The molecule has 0 radical (unpaired) electrons. The molecule has 0 aromatic heterocycles. The van der Waals surface area contributed by atoms with E-state index in [2.05, 4.69) is 0 Å². The van der Waals surface area contributed by atoms with E-state index in [1.165, 1.54) is 6.07 Å². The first-order valence-corrected chi connectivity index (χ1v) is 4.31. The Kier molecular flexibility index (Phi) is 3.25. The van der Waals surface area contributed by atoms with Crippen molar-refractivity contribution in [2.24, 2.45) is 5.73 Å². The lowest BCUT2D eigenvalue weighted by atomic mass is 10.1. The molecule has 3 heteroatoms. The normalized spacial score (nSPS) is 10.2. The topological polar surface area (TPSA) is 29.3 Å². The van der Waals surface area contributed by atoms with Gasteiger partial charge in [0.2, 0.25) is 0 Å². The molecule has 1 aromatic carbocycles. The van der Waals surface area contributed by atoms with Crippen LogP contribution in [0.15, 0.2) is 18.2 Å². The molecule has 0 aliphatic heterocycles. The summed E-state index contributed by atoms with van der Waals surface area (Å²) in [4.78, 5) is 1.96. The van der Waals surface area contributed by atoms with E-state index in [0.717, 1.165) is 11.3 Å². The van der Waals surface area contributed by atoms with E-state index in [4.69, 9.17) is 5.73 Å². The number of nitrogens with zero attached hydrogens (tertiary/aromatic N) is 1. The molecule has 0 unspecified atom stereocenters. The van der Waals surface area contributed by atoms with Crippen LogP contribution in [-0.2, 0) is 6.42 Å². The van der Waals surface area contributed by atoms with Gasteiger partial charge in [0, 0.05) is 19.8 Å². The molecule has 72 valence electrons. The van der Waals surface area contributed by atoms with Crippen LogP contribution in [0.1, 0.15) is 5.56 Å². The van der Waals surface area contributed by atoms with E-state index in [0.29, 0.717) is 13.0 Å². The Labute approximate surface area is 78.2 Å². The number of hydrogen-bond donors (Lipinski definition) is 1. The molecule has 0 saturated heterocycles. The number of benzene rings is 1. The van der Waals surface area contributed by atoms with Crippen molar-refractivity contribution in [1.29, 1.82) is 0 Å². The second kappa shape index (κ2) is 4.23. The summed E-state index contributed by atoms with van der Waals surface area (Å²) in [6, 6.07) is 4.79. The van der Waals surface area contributed by atoms with E-state index in [-0.39, 0.29) is 5.82 Å². The molecule has 0 amide bonds. The maximum atomic E-state index is 12.9. The lowest BCUT2D eigenvalue weighted by molar-refractivity contribution is 0.625. The first-order valence-electron chi connectivity index (χ1n) is 4.31. The minimum Gasteiger partial charge on any atom is -0.377 e. The molecule has 0 spiro atoms. The molecule has 0 bridgehead atoms. The highest BCUT2D eigenvalue weighted by atomic mass is 19.1. The first kappa shape index (κ1) is 9.99. The Morgan fingerprint density at radius 3 is 2.62 bits per heavy atom. The zero-order valence-electron chi connectivity index (χ0n) is 8.05. The van der Waals surface area contributed by atoms with Gasteiger partial charge in [-0.1, -0.05) is 0 Å². The van der Waals surface area contributed by atoms with Crippen molar-refractivity contribution < 1.29 is 4.39 Å². The number of halogens is 1. The Balaban J connectivity index is 3.03. The maximum Gasteiger partial charge on any atom is 0.123 e. The van der Waals surface area contributed by atoms with Crippen LogP contribution in [0.3, 0.4) is 0 Å². The van der Waals surface area contributed by atoms with E-state index < -0.39 is 0 Å². The number of rotatable bonds is 3. The van der Waals surface area contributed by atoms with Gasteiger partial charge in [0.25, 0.3) is 0 Å². The third-order valence-corrected chi connectivity index (χ3v) is 1.94. The zero-order chi connectivity index (χ0) is 9.84. The van der Waals surface area contributed by atoms with Crippen LogP contribution in [0.2, 0.25) is 0 Å². The summed E-state index contributed by atoms with van der Waals surface area (Å²) in [5.74, 6) is -0.200. The third-order valence-electron chi connectivity index (χ3n) is 1.94. The van der Waals surface area contributed by atoms with Crippen LogP contribution < -0.4 is 10.6 Å². The van der Waals surface area contributed by atoms with Gasteiger partial charge < -0.3 is 10.6 Å². The fourth-order valence-corrected chi connectivity index (χ4v) is 1.35. The lowest BCUT2D eigenvalue weighted by Gasteiger charge is -2.16. The summed E-state index contributed by atoms with van der Waals surface area (Å²) in [6.07, 6.45) is 0.714. The molecular weight excluding hydrogens is 167 g/mol. The monoisotopic (exact) mass is 182 g/mol. The van der Waals surface area contributed by atoms with Crippen LogP contribution >= 0.6 is 0 Å². The van der Waals surface area contributed by atoms with Gasteiger partial charge in [-0.25, -0.2) is 4.39 Å². The van der Waals surface area contributed by atoms with Crippen LogP contribution in [0.4, 0.5) is 10.1 Å². The van der Waals surface area contributed by atoms with E-state index in [1.807, 2.05) is 19.0 Å². The molecule has 0 fully saturated rings. The second-order valence-corrected chi connectivity index (χ2v) is 3.21. The van der Waals surface area contributed by atoms with Crippen molar-refractivity contribution in [1.82, 2.24) is 0 Å². The summed E-state index contributed by atoms with van der Waals surface area (Å²) in [5, 5.41) is 0. The molecule has 1 aromatic rings. The molecule has 1 rings (SSSR count). The predicted octanol–water partition coefficient (Wildman–Crippen LogP) is 1.39. The number of nitrogens with two attached hydrogens (primary N) is 1. The molecule has 0 heterocycles. The minimum absolute atomic E-state index is 0.200. The largest absolute Gasteiger partial charge is 0.377 e. The summed E-state index contributed by atoms with van der Waals surface area (Å²) >= 11 is 0. The van der Waals surface area contributed by atoms with Crippen molar-refractivity contribution in [2.75, 3.05) is 25.5 Å². The molecular formula is C10H15FN2. The number of hydrogen-bond acceptors (Lipinski definition) is 2. The van der Waals surface area contributed by atoms with Crippen LogP contribution in [0, 0.1) is 5.82 Å². The third kappa shape index (κ3) is 2.42. The predicted molar refractivity (Wildman–Crippen MR) is 53.5 cm³/mol. The van der Waals surface area contributed by atoms with Gasteiger partial charge in [-0.05, 0) is 36.7 Å². The van der Waals surface area contributed by atoms with Crippen molar-refractivity contribution in [3.05, 3.63) is 29.6 Å². The summed E-state index contributed by atoms with van der Waals surface area (Å²) in [5.41, 5.74) is 7.44. The highest BCUT2D eigenvalue weighted by molar-refractivity contribution is 5.52. The molecule has 13 heavy (non-hydrogen) atoms. The zero-order valence-corrected chi connectivity index (χ0v) is 8.05. The summed E-state index contributed by atoms with van der Waals surface area (Å²) in [6.45, 7) is 0.546. The maximum absolute atomic E-state index is 12.9. The quantitative estimate of drug-likeness (QED) is 0.765.